The molecule has 0 saturated carbocycles. The molecule has 56 valence electrons. The number of thioether (sulfide) groups is 1. The molecule has 0 aliphatic heterocycles. The second-order valence-electron chi connectivity index (χ2n) is 2.49. The van der Waals surface area contributed by atoms with E-state index in [1.54, 1.807) is 0 Å². The predicted octanol–water partition coefficient (Wildman–Crippen LogP) is 0.414. The molecular weight excluding hydrogens is 132 g/mol. The van der Waals surface area contributed by atoms with Crippen LogP contribution in [0.1, 0.15) is 13.8 Å². The highest BCUT2D eigenvalue weighted by molar-refractivity contribution is 7.99. The lowest BCUT2D eigenvalue weighted by molar-refractivity contribution is 0.827. The molecule has 3 heteroatoms. The fourth-order valence-electron chi connectivity index (χ4n) is 0.440. The van der Waals surface area contributed by atoms with Gasteiger partial charge in [-0.1, -0.05) is 0 Å². The first-order chi connectivity index (χ1) is 4.13. The fourth-order valence-corrected chi connectivity index (χ4v) is 1.32. The van der Waals surface area contributed by atoms with E-state index in [0.29, 0.717) is 12.1 Å². The van der Waals surface area contributed by atoms with Crippen LogP contribution in [0.2, 0.25) is 0 Å². The molecule has 0 heterocycles. The largest absolute Gasteiger partial charge is 0.327 e. The quantitative estimate of drug-likeness (QED) is 0.607. The Morgan fingerprint density at radius 1 is 1.11 bits per heavy atom. The van der Waals surface area contributed by atoms with Gasteiger partial charge in [-0.05, 0) is 13.8 Å². The van der Waals surface area contributed by atoms with Crippen LogP contribution in [0.4, 0.5) is 0 Å². The van der Waals surface area contributed by atoms with Gasteiger partial charge in [-0.15, -0.1) is 0 Å². The summed E-state index contributed by atoms with van der Waals surface area (Å²) in [7, 11) is 0. The van der Waals surface area contributed by atoms with E-state index in [9.17, 15) is 0 Å². The molecule has 0 spiro atoms. The molecule has 0 aromatic heterocycles. The normalized spacial score (nSPS) is 17.3. The van der Waals surface area contributed by atoms with E-state index >= 15 is 0 Å². The smallest absolute Gasteiger partial charge is 0.0101 e. The highest BCUT2D eigenvalue weighted by Gasteiger charge is 1.96. The lowest BCUT2D eigenvalue weighted by atomic mass is 10.4. The van der Waals surface area contributed by atoms with Gasteiger partial charge in [-0.25, -0.2) is 0 Å². The number of rotatable bonds is 4. The van der Waals surface area contributed by atoms with Gasteiger partial charge in [0.1, 0.15) is 0 Å². The van der Waals surface area contributed by atoms with Gasteiger partial charge in [-0.2, -0.15) is 11.8 Å². The zero-order chi connectivity index (χ0) is 7.28. The summed E-state index contributed by atoms with van der Waals surface area (Å²) in [5, 5.41) is 0. The number of hydrogen-bond acceptors (Lipinski definition) is 3. The average molecular weight is 148 g/mol. The molecule has 0 amide bonds. The van der Waals surface area contributed by atoms with Gasteiger partial charge in [0, 0.05) is 23.6 Å². The Kier molecular flexibility index (Phi) is 5.24. The van der Waals surface area contributed by atoms with E-state index in [2.05, 4.69) is 0 Å². The van der Waals surface area contributed by atoms with Gasteiger partial charge in [0.25, 0.3) is 0 Å². The van der Waals surface area contributed by atoms with E-state index in [4.69, 9.17) is 11.5 Å². The molecule has 0 bridgehead atoms. The third-order valence-electron chi connectivity index (χ3n) is 0.761. The van der Waals surface area contributed by atoms with Crippen molar-refractivity contribution in [3.05, 3.63) is 0 Å². The molecule has 2 unspecified atom stereocenters. The molecule has 4 N–H and O–H groups in total. The van der Waals surface area contributed by atoms with Crippen LogP contribution in [-0.4, -0.2) is 23.6 Å². The Balaban J connectivity index is 2.91. The number of hydrogen-bond donors (Lipinski definition) is 2. The van der Waals surface area contributed by atoms with E-state index in [1.807, 2.05) is 25.6 Å². The minimum Gasteiger partial charge on any atom is -0.327 e. The van der Waals surface area contributed by atoms with Crippen LogP contribution in [0.15, 0.2) is 0 Å². The van der Waals surface area contributed by atoms with Crippen LogP contribution in [-0.2, 0) is 0 Å². The Bertz CT molecular complexity index is 56.1. The molecule has 2 atom stereocenters. The molecule has 0 aliphatic carbocycles. The third-order valence-corrected chi connectivity index (χ3v) is 2.28. The van der Waals surface area contributed by atoms with Crippen LogP contribution in [0, 0.1) is 0 Å². The molecule has 0 fully saturated rings. The van der Waals surface area contributed by atoms with Gasteiger partial charge >= 0.3 is 0 Å². The maximum absolute atomic E-state index is 5.52. The van der Waals surface area contributed by atoms with Crippen LogP contribution in [0.25, 0.3) is 0 Å². The van der Waals surface area contributed by atoms with Crippen molar-refractivity contribution in [1.82, 2.24) is 0 Å². The molecule has 0 radical (unpaired) electrons. The van der Waals surface area contributed by atoms with E-state index < -0.39 is 0 Å². The molecule has 0 rings (SSSR count). The Hall–Kier alpha value is 0.270. The maximum atomic E-state index is 5.52. The zero-order valence-electron chi connectivity index (χ0n) is 6.13. The van der Waals surface area contributed by atoms with E-state index in [1.165, 1.54) is 0 Å². The van der Waals surface area contributed by atoms with Crippen molar-refractivity contribution in [3.8, 4) is 0 Å². The van der Waals surface area contributed by atoms with Gasteiger partial charge in [0.2, 0.25) is 0 Å². The summed E-state index contributed by atoms with van der Waals surface area (Å²) in [5.41, 5.74) is 11.0. The van der Waals surface area contributed by atoms with Crippen LogP contribution in [0.5, 0.6) is 0 Å². The number of nitrogens with two attached hydrogens (primary N) is 2. The summed E-state index contributed by atoms with van der Waals surface area (Å²) in [6.45, 7) is 4.02. The van der Waals surface area contributed by atoms with Crippen molar-refractivity contribution in [3.63, 3.8) is 0 Å². The van der Waals surface area contributed by atoms with Crippen molar-refractivity contribution in [2.45, 2.75) is 25.9 Å². The van der Waals surface area contributed by atoms with Crippen LogP contribution in [0.3, 0.4) is 0 Å². The summed E-state index contributed by atoms with van der Waals surface area (Å²) >= 11 is 1.82. The van der Waals surface area contributed by atoms with Gasteiger partial charge < -0.3 is 11.5 Å². The average Bonchev–Trinajstić information content (AvgIpc) is 1.63. The minimum absolute atomic E-state index is 0.300. The third kappa shape index (κ3) is 8.27. The first-order valence-electron chi connectivity index (χ1n) is 3.22. The van der Waals surface area contributed by atoms with Crippen molar-refractivity contribution in [2.75, 3.05) is 11.5 Å². The molecule has 0 saturated heterocycles. The standard InChI is InChI=1S/C6H16N2S/c1-5(7)3-9-4-6(2)8/h5-6H,3-4,7-8H2,1-2H3. The van der Waals surface area contributed by atoms with Gasteiger partial charge in [-0.3, -0.25) is 0 Å². The van der Waals surface area contributed by atoms with Crippen molar-refractivity contribution in [1.29, 1.82) is 0 Å². The fraction of sp³-hybridized carbons (Fsp3) is 1.00. The van der Waals surface area contributed by atoms with Crippen molar-refractivity contribution in [2.24, 2.45) is 11.5 Å². The summed E-state index contributed by atoms with van der Waals surface area (Å²) in [5.74, 6) is 2.03. The summed E-state index contributed by atoms with van der Waals surface area (Å²) < 4.78 is 0. The van der Waals surface area contributed by atoms with Gasteiger partial charge in [0.05, 0.1) is 0 Å². The Labute approximate surface area is 61.4 Å². The zero-order valence-corrected chi connectivity index (χ0v) is 6.95. The highest BCUT2D eigenvalue weighted by Crippen LogP contribution is 2.01. The minimum atomic E-state index is 0.300. The SMILES string of the molecule is CC(N)CSCC(C)N. The first kappa shape index (κ1) is 9.27. The Morgan fingerprint density at radius 2 is 1.44 bits per heavy atom. The second-order valence-corrected chi connectivity index (χ2v) is 3.57. The molecule has 0 aromatic rings. The van der Waals surface area contributed by atoms with Crippen LogP contribution >= 0.6 is 11.8 Å². The van der Waals surface area contributed by atoms with Crippen molar-refractivity contribution < 1.29 is 0 Å². The second kappa shape index (κ2) is 5.09. The summed E-state index contributed by atoms with van der Waals surface area (Å²) in [4.78, 5) is 0. The molecular formula is C6H16N2S. The lowest BCUT2D eigenvalue weighted by Gasteiger charge is -2.06. The molecule has 0 aromatic carbocycles. The molecule has 0 aliphatic rings. The lowest BCUT2D eigenvalue weighted by Crippen LogP contribution is -2.22. The topological polar surface area (TPSA) is 52.0 Å². The molecule has 2 nitrogen and oxygen atoms in total. The van der Waals surface area contributed by atoms with E-state index in [-0.39, 0.29) is 0 Å². The first-order valence-corrected chi connectivity index (χ1v) is 4.37. The van der Waals surface area contributed by atoms with Crippen LogP contribution < -0.4 is 11.5 Å². The van der Waals surface area contributed by atoms with E-state index in [0.717, 1.165) is 11.5 Å². The maximum Gasteiger partial charge on any atom is 0.0101 e. The molecule has 9 heavy (non-hydrogen) atoms. The van der Waals surface area contributed by atoms with Crippen molar-refractivity contribution >= 4 is 11.8 Å². The summed E-state index contributed by atoms with van der Waals surface area (Å²) in [6, 6.07) is 0.600. The van der Waals surface area contributed by atoms with Gasteiger partial charge in [0.15, 0.2) is 0 Å². The Morgan fingerprint density at radius 3 is 1.67 bits per heavy atom. The predicted molar refractivity (Wildman–Crippen MR) is 44.6 cm³/mol. The monoisotopic (exact) mass is 148 g/mol. The summed E-state index contributed by atoms with van der Waals surface area (Å²) in [6.07, 6.45) is 0. The highest BCUT2D eigenvalue weighted by atomic mass is 32.2.